The van der Waals surface area contributed by atoms with Crippen LogP contribution >= 0.6 is 0 Å². The molecule has 0 saturated heterocycles. The summed E-state index contributed by atoms with van der Waals surface area (Å²) in [6, 6.07) is 9.58. The Kier molecular flexibility index (Phi) is 2.88. The highest BCUT2D eigenvalue weighted by atomic mass is 14.9. The van der Waals surface area contributed by atoms with Crippen molar-refractivity contribution in [1.29, 1.82) is 0 Å². The van der Waals surface area contributed by atoms with E-state index in [1.54, 1.807) is 0 Å². The van der Waals surface area contributed by atoms with Gasteiger partial charge in [0, 0.05) is 11.7 Å². The van der Waals surface area contributed by atoms with Crippen molar-refractivity contribution < 1.29 is 0 Å². The van der Waals surface area contributed by atoms with Crippen LogP contribution in [0.1, 0.15) is 52.0 Å². The van der Waals surface area contributed by atoms with Crippen LogP contribution in [-0.4, -0.2) is 6.04 Å². The first-order valence-electron chi connectivity index (χ1n) is 7.40. The molecule has 2 saturated carbocycles. The molecule has 1 heteroatoms. The first-order valence-corrected chi connectivity index (χ1v) is 7.40. The third-order valence-electron chi connectivity index (χ3n) is 4.81. The number of hydrogen-bond acceptors (Lipinski definition) is 1. The van der Waals surface area contributed by atoms with Gasteiger partial charge in [0.25, 0.3) is 0 Å². The molecule has 3 unspecified atom stereocenters. The molecule has 0 amide bonds. The van der Waals surface area contributed by atoms with Crippen molar-refractivity contribution in [2.75, 3.05) is 5.32 Å². The zero-order valence-electron chi connectivity index (χ0n) is 11.9. The molecule has 0 heterocycles. The zero-order valence-corrected chi connectivity index (χ0v) is 11.9. The Balaban J connectivity index is 1.81. The summed E-state index contributed by atoms with van der Waals surface area (Å²) in [5.41, 5.74) is 3.04. The monoisotopic (exact) mass is 243 g/mol. The van der Waals surface area contributed by atoms with Crippen molar-refractivity contribution in [2.24, 2.45) is 11.8 Å². The van der Waals surface area contributed by atoms with Crippen molar-refractivity contribution in [3.05, 3.63) is 29.8 Å². The van der Waals surface area contributed by atoms with E-state index in [9.17, 15) is 0 Å². The predicted octanol–water partition coefficient (Wildman–Crippen LogP) is 4.58. The number of anilines is 1. The van der Waals surface area contributed by atoms with E-state index in [0.717, 1.165) is 17.9 Å². The summed E-state index contributed by atoms with van der Waals surface area (Å²) in [5.74, 6) is 1.94. The Morgan fingerprint density at radius 2 is 1.83 bits per heavy atom. The van der Waals surface area contributed by atoms with E-state index in [2.05, 4.69) is 50.4 Å². The van der Waals surface area contributed by atoms with Gasteiger partial charge in [0.05, 0.1) is 0 Å². The Labute approximate surface area is 111 Å². The highest BCUT2D eigenvalue weighted by Crippen LogP contribution is 2.46. The van der Waals surface area contributed by atoms with E-state index in [4.69, 9.17) is 0 Å². The van der Waals surface area contributed by atoms with E-state index in [-0.39, 0.29) is 5.41 Å². The minimum absolute atomic E-state index is 0.223. The first-order chi connectivity index (χ1) is 8.54. The zero-order chi connectivity index (χ0) is 12.8. The largest absolute Gasteiger partial charge is 0.382 e. The van der Waals surface area contributed by atoms with E-state index < -0.39 is 0 Å². The van der Waals surface area contributed by atoms with Gasteiger partial charge in [-0.3, -0.25) is 0 Å². The van der Waals surface area contributed by atoms with Crippen LogP contribution in [-0.2, 0) is 5.41 Å². The third kappa shape index (κ3) is 2.15. The number of rotatable bonds is 2. The number of para-hydroxylation sites is 1. The van der Waals surface area contributed by atoms with Gasteiger partial charge >= 0.3 is 0 Å². The van der Waals surface area contributed by atoms with Crippen LogP contribution in [0.2, 0.25) is 0 Å². The second-order valence-electron chi connectivity index (χ2n) is 7.22. The molecule has 1 N–H and O–H groups in total. The van der Waals surface area contributed by atoms with Crippen LogP contribution in [0.25, 0.3) is 0 Å². The smallest absolute Gasteiger partial charge is 0.0380 e. The molecule has 1 nitrogen and oxygen atoms in total. The lowest BCUT2D eigenvalue weighted by atomic mass is 9.85. The molecule has 18 heavy (non-hydrogen) atoms. The van der Waals surface area contributed by atoms with Gasteiger partial charge in [0.15, 0.2) is 0 Å². The SMILES string of the molecule is CC(C)(C)c1ccccc1NC1CC2CCC1C2. The molecule has 2 aliphatic carbocycles. The predicted molar refractivity (Wildman–Crippen MR) is 78.0 cm³/mol. The second-order valence-corrected chi connectivity index (χ2v) is 7.22. The van der Waals surface area contributed by atoms with Gasteiger partial charge in [-0.2, -0.15) is 0 Å². The summed E-state index contributed by atoms with van der Waals surface area (Å²) in [7, 11) is 0. The number of hydrogen-bond donors (Lipinski definition) is 1. The molecule has 0 aromatic heterocycles. The molecule has 3 rings (SSSR count). The summed E-state index contributed by atoms with van der Waals surface area (Å²) >= 11 is 0. The summed E-state index contributed by atoms with van der Waals surface area (Å²) in [6.07, 6.45) is 5.78. The average Bonchev–Trinajstić information content (AvgIpc) is 2.90. The normalized spacial score (nSPS) is 30.7. The van der Waals surface area contributed by atoms with Crippen LogP contribution in [0.5, 0.6) is 0 Å². The molecule has 0 radical (unpaired) electrons. The van der Waals surface area contributed by atoms with E-state index in [1.807, 2.05) is 0 Å². The van der Waals surface area contributed by atoms with Crippen LogP contribution in [0, 0.1) is 11.8 Å². The number of benzene rings is 1. The Morgan fingerprint density at radius 1 is 1.06 bits per heavy atom. The Hall–Kier alpha value is -0.980. The van der Waals surface area contributed by atoms with Crippen LogP contribution in [0.3, 0.4) is 0 Å². The Bertz CT molecular complexity index is 429. The molecule has 1 aromatic rings. The quantitative estimate of drug-likeness (QED) is 0.801. The summed E-state index contributed by atoms with van der Waals surface area (Å²) in [4.78, 5) is 0. The van der Waals surface area contributed by atoms with Gasteiger partial charge in [-0.15, -0.1) is 0 Å². The van der Waals surface area contributed by atoms with Crippen LogP contribution in [0.15, 0.2) is 24.3 Å². The molecule has 0 aliphatic heterocycles. The maximum absolute atomic E-state index is 3.85. The molecule has 98 valence electrons. The lowest BCUT2D eigenvalue weighted by Crippen LogP contribution is -2.27. The lowest BCUT2D eigenvalue weighted by molar-refractivity contribution is 0.438. The van der Waals surface area contributed by atoms with Crippen molar-refractivity contribution in [3.8, 4) is 0 Å². The molecule has 2 fully saturated rings. The van der Waals surface area contributed by atoms with Gasteiger partial charge in [-0.25, -0.2) is 0 Å². The van der Waals surface area contributed by atoms with E-state index in [1.165, 1.54) is 36.9 Å². The molecule has 3 atom stereocenters. The lowest BCUT2D eigenvalue weighted by Gasteiger charge is -2.29. The highest BCUT2D eigenvalue weighted by Gasteiger charge is 2.39. The maximum atomic E-state index is 3.85. The van der Waals surface area contributed by atoms with E-state index >= 15 is 0 Å². The van der Waals surface area contributed by atoms with Gasteiger partial charge in [0.2, 0.25) is 0 Å². The molecular formula is C17H25N. The molecular weight excluding hydrogens is 218 g/mol. The summed E-state index contributed by atoms with van der Waals surface area (Å²) < 4.78 is 0. The van der Waals surface area contributed by atoms with Gasteiger partial charge < -0.3 is 5.32 Å². The Morgan fingerprint density at radius 3 is 2.44 bits per heavy atom. The van der Waals surface area contributed by atoms with Gasteiger partial charge in [0.1, 0.15) is 0 Å². The second kappa shape index (κ2) is 4.29. The fraction of sp³-hybridized carbons (Fsp3) is 0.647. The standard InChI is InChI=1S/C17H25N/c1-17(2,3)14-6-4-5-7-15(14)18-16-11-12-8-9-13(16)10-12/h4-7,12-13,16,18H,8-11H2,1-3H3. The summed E-state index contributed by atoms with van der Waals surface area (Å²) in [5, 5.41) is 3.85. The molecule has 2 aliphatic rings. The van der Waals surface area contributed by atoms with Crippen LogP contribution < -0.4 is 5.32 Å². The maximum Gasteiger partial charge on any atom is 0.0380 e. The fourth-order valence-electron chi connectivity index (χ4n) is 3.88. The average molecular weight is 243 g/mol. The van der Waals surface area contributed by atoms with Crippen molar-refractivity contribution >= 4 is 5.69 Å². The fourth-order valence-corrected chi connectivity index (χ4v) is 3.88. The molecule has 2 bridgehead atoms. The first kappa shape index (κ1) is 12.1. The minimum Gasteiger partial charge on any atom is -0.382 e. The van der Waals surface area contributed by atoms with Gasteiger partial charge in [-0.05, 0) is 48.1 Å². The van der Waals surface area contributed by atoms with Crippen molar-refractivity contribution in [1.82, 2.24) is 0 Å². The topological polar surface area (TPSA) is 12.0 Å². The minimum atomic E-state index is 0.223. The van der Waals surface area contributed by atoms with Gasteiger partial charge in [-0.1, -0.05) is 45.4 Å². The van der Waals surface area contributed by atoms with Crippen molar-refractivity contribution in [3.63, 3.8) is 0 Å². The van der Waals surface area contributed by atoms with E-state index in [0.29, 0.717) is 0 Å². The number of fused-ring (bicyclic) bond motifs is 2. The third-order valence-corrected chi connectivity index (χ3v) is 4.81. The van der Waals surface area contributed by atoms with Crippen LogP contribution in [0.4, 0.5) is 5.69 Å². The molecule has 1 aromatic carbocycles. The highest BCUT2D eigenvalue weighted by molar-refractivity contribution is 5.55. The van der Waals surface area contributed by atoms with Crippen molar-refractivity contribution in [2.45, 2.75) is 57.9 Å². The summed E-state index contributed by atoms with van der Waals surface area (Å²) in [6.45, 7) is 6.90. The number of nitrogens with one attached hydrogen (secondary N) is 1. The molecule has 0 spiro atoms.